The summed E-state index contributed by atoms with van der Waals surface area (Å²) < 4.78 is 74.7. The van der Waals surface area contributed by atoms with Gasteiger partial charge >= 0.3 is 24.3 Å². The predicted octanol–water partition coefficient (Wildman–Crippen LogP) is 2.51. The second kappa shape index (κ2) is 12.9. The van der Waals surface area contributed by atoms with Crippen LogP contribution in [0, 0.1) is 5.41 Å². The van der Waals surface area contributed by atoms with Crippen molar-refractivity contribution in [1.29, 1.82) is 0 Å². The monoisotopic (exact) mass is 519 g/mol. The van der Waals surface area contributed by atoms with Crippen molar-refractivity contribution in [3.05, 3.63) is 23.9 Å². The lowest BCUT2D eigenvalue weighted by molar-refractivity contribution is -0.193. The van der Waals surface area contributed by atoms with Crippen molar-refractivity contribution in [1.82, 2.24) is 14.8 Å². The molecule has 1 spiro atoms. The van der Waals surface area contributed by atoms with Crippen molar-refractivity contribution in [2.24, 2.45) is 5.41 Å². The van der Waals surface area contributed by atoms with Crippen LogP contribution in [0.25, 0.3) is 0 Å². The number of hydrogen-bond acceptors (Lipinski definition) is 7. The van der Waals surface area contributed by atoms with Gasteiger partial charge in [0.2, 0.25) is 5.88 Å². The highest BCUT2D eigenvalue weighted by molar-refractivity contribution is 5.73. The minimum Gasteiger partial charge on any atom is -0.481 e. The molecule has 0 bridgehead atoms. The van der Waals surface area contributed by atoms with E-state index in [-0.39, 0.29) is 0 Å². The maximum atomic E-state index is 10.6. The zero-order valence-corrected chi connectivity index (χ0v) is 19.0. The van der Waals surface area contributed by atoms with Gasteiger partial charge in [0.15, 0.2) is 0 Å². The van der Waals surface area contributed by atoms with E-state index in [4.69, 9.17) is 29.3 Å². The number of carbonyl (C=O) groups is 2. The van der Waals surface area contributed by atoms with E-state index in [0.717, 1.165) is 50.8 Å². The van der Waals surface area contributed by atoms with E-state index in [2.05, 4.69) is 27.9 Å². The summed E-state index contributed by atoms with van der Waals surface area (Å²) in [4.78, 5) is 27.0. The molecule has 0 saturated carbocycles. The lowest BCUT2D eigenvalue weighted by Crippen LogP contribution is -2.40. The summed E-state index contributed by atoms with van der Waals surface area (Å²) in [7, 11) is 3.89. The van der Waals surface area contributed by atoms with Crippen LogP contribution in [0.4, 0.5) is 26.3 Å². The van der Waals surface area contributed by atoms with Gasteiger partial charge in [-0.3, -0.25) is 4.90 Å². The lowest BCUT2D eigenvalue weighted by atomic mass is 9.87. The summed E-state index contributed by atoms with van der Waals surface area (Å²) in [5.41, 5.74) is 1.45. The van der Waals surface area contributed by atoms with Crippen LogP contribution >= 0.6 is 0 Å². The Labute approximate surface area is 197 Å². The largest absolute Gasteiger partial charge is 0.490 e. The minimum absolute atomic E-state index is 0.292. The number of hydrogen-bond donors (Lipinski definition) is 2. The van der Waals surface area contributed by atoms with Crippen molar-refractivity contribution in [3.8, 4) is 5.88 Å². The van der Waals surface area contributed by atoms with E-state index in [1.807, 2.05) is 6.07 Å². The zero-order chi connectivity index (χ0) is 26.9. The molecule has 3 rings (SSSR count). The Bertz CT molecular complexity index is 814. The maximum Gasteiger partial charge on any atom is 0.490 e. The zero-order valence-electron chi connectivity index (χ0n) is 19.0. The van der Waals surface area contributed by atoms with E-state index in [0.29, 0.717) is 5.41 Å². The summed E-state index contributed by atoms with van der Waals surface area (Å²) >= 11 is 0. The number of pyridine rings is 1. The van der Waals surface area contributed by atoms with Gasteiger partial charge < -0.3 is 24.6 Å². The minimum atomic E-state index is -5.08. The van der Waals surface area contributed by atoms with Crippen LogP contribution in [0.15, 0.2) is 18.3 Å². The first-order valence-corrected chi connectivity index (χ1v) is 10.2. The molecule has 2 aliphatic rings. The third kappa shape index (κ3) is 10.7. The lowest BCUT2D eigenvalue weighted by Gasteiger charge is -2.31. The quantitative estimate of drug-likeness (QED) is 0.582. The molecule has 2 fully saturated rings. The van der Waals surface area contributed by atoms with Crippen molar-refractivity contribution >= 4 is 11.9 Å². The van der Waals surface area contributed by atoms with Gasteiger partial charge in [0.1, 0.15) is 0 Å². The molecule has 200 valence electrons. The second-order valence-electron chi connectivity index (χ2n) is 8.03. The van der Waals surface area contributed by atoms with E-state index in [1.165, 1.54) is 13.0 Å². The normalized spacial score (nSPS) is 21.3. The number of carboxylic acid groups (broad SMARTS) is 2. The van der Waals surface area contributed by atoms with Gasteiger partial charge in [0, 0.05) is 43.4 Å². The van der Waals surface area contributed by atoms with Gasteiger partial charge in [0.25, 0.3) is 0 Å². The van der Waals surface area contributed by atoms with Crippen LogP contribution in [-0.2, 0) is 20.9 Å². The number of carboxylic acids is 2. The van der Waals surface area contributed by atoms with Crippen LogP contribution in [0.1, 0.15) is 12.0 Å². The number of likely N-dealkylation sites (tertiary alicyclic amines) is 1. The van der Waals surface area contributed by atoms with Crippen LogP contribution < -0.4 is 4.74 Å². The van der Waals surface area contributed by atoms with E-state index in [1.54, 1.807) is 13.3 Å². The molecule has 0 aliphatic carbocycles. The molecule has 1 atom stereocenters. The molecule has 1 aromatic rings. The number of aromatic nitrogens is 1. The van der Waals surface area contributed by atoms with E-state index in [9.17, 15) is 26.3 Å². The van der Waals surface area contributed by atoms with Crippen LogP contribution in [0.2, 0.25) is 0 Å². The topological polar surface area (TPSA) is 112 Å². The van der Waals surface area contributed by atoms with Crippen LogP contribution in [0.5, 0.6) is 5.88 Å². The molecule has 15 heteroatoms. The van der Waals surface area contributed by atoms with E-state index >= 15 is 0 Å². The van der Waals surface area contributed by atoms with Crippen molar-refractivity contribution in [3.63, 3.8) is 0 Å². The highest BCUT2D eigenvalue weighted by Crippen LogP contribution is 2.33. The molecule has 2 saturated heterocycles. The first-order valence-electron chi connectivity index (χ1n) is 10.2. The molecule has 2 aliphatic heterocycles. The highest BCUT2D eigenvalue weighted by Gasteiger charge is 2.40. The third-order valence-electron chi connectivity index (χ3n) is 5.07. The maximum absolute atomic E-state index is 10.6. The SMILES string of the molecule is COc1ncccc1CN1CCOCC2(CCN(C)C2)C1.O=C(O)C(F)(F)F.O=C(O)C(F)(F)F. The summed E-state index contributed by atoms with van der Waals surface area (Å²) in [6.45, 7) is 6.96. The van der Waals surface area contributed by atoms with E-state index < -0.39 is 24.3 Å². The fourth-order valence-electron chi connectivity index (χ4n) is 3.59. The Morgan fingerprint density at radius 1 is 1.11 bits per heavy atom. The van der Waals surface area contributed by atoms with Crippen LogP contribution in [-0.4, -0.2) is 103 Å². The van der Waals surface area contributed by atoms with Crippen LogP contribution in [0.3, 0.4) is 0 Å². The Balaban J connectivity index is 0.000000362. The van der Waals surface area contributed by atoms with Gasteiger partial charge in [-0.25, -0.2) is 14.6 Å². The van der Waals surface area contributed by atoms with Gasteiger partial charge in [-0.05, 0) is 26.1 Å². The smallest absolute Gasteiger partial charge is 0.481 e. The fraction of sp³-hybridized carbons (Fsp3) is 0.650. The van der Waals surface area contributed by atoms with Crippen molar-refractivity contribution in [2.45, 2.75) is 25.3 Å². The number of aliphatic carboxylic acids is 2. The van der Waals surface area contributed by atoms with Gasteiger partial charge in [-0.2, -0.15) is 26.3 Å². The van der Waals surface area contributed by atoms with Gasteiger partial charge in [-0.15, -0.1) is 0 Å². The number of nitrogens with zero attached hydrogens (tertiary/aromatic N) is 3. The summed E-state index contributed by atoms with van der Waals surface area (Å²) in [5, 5.41) is 14.2. The van der Waals surface area contributed by atoms with Crippen molar-refractivity contribution < 1.29 is 55.6 Å². The first-order chi connectivity index (χ1) is 16.1. The summed E-state index contributed by atoms with van der Waals surface area (Å²) in [6, 6.07) is 4.08. The Kier molecular flexibility index (Phi) is 11.2. The number of methoxy groups -OCH3 is 1. The van der Waals surface area contributed by atoms with Gasteiger partial charge in [-0.1, -0.05) is 6.07 Å². The Hall–Kier alpha value is -2.65. The molecule has 0 amide bonds. The highest BCUT2D eigenvalue weighted by atomic mass is 19.4. The summed E-state index contributed by atoms with van der Waals surface area (Å²) in [6.07, 6.45) is -7.16. The Morgan fingerprint density at radius 3 is 2.14 bits per heavy atom. The molecule has 3 heterocycles. The average Bonchev–Trinajstić information content (AvgIpc) is 2.99. The van der Waals surface area contributed by atoms with Crippen molar-refractivity contribution in [2.75, 3.05) is 53.6 Å². The molecule has 1 unspecified atom stereocenters. The average molecular weight is 519 g/mol. The molecule has 0 aromatic carbocycles. The second-order valence-corrected chi connectivity index (χ2v) is 8.03. The number of halogens is 6. The first kappa shape index (κ1) is 30.4. The summed E-state index contributed by atoms with van der Waals surface area (Å²) in [5.74, 6) is -4.78. The molecule has 9 nitrogen and oxygen atoms in total. The molecule has 1 aromatic heterocycles. The molecule has 2 N–H and O–H groups in total. The predicted molar refractivity (Wildman–Crippen MR) is 109 cm³/mol. The fourth-order valence-corrected chi connectivity index (χ4v) is 3.59. The molecule has 0 radical (unpaired) electrons. The molecule has 35 heavy (non-hydrogen) atoms. The number of ether oxygens (including phenoxy) is 2. The Morgan fingerprint density at radius 2 is 1.69 bits per heavy atom. The third-order valence-corrected chi connectivity index (χ3v) is 5.07. The molecular weight excluding hydrogens is 492 g/mol. The molecular formula is C20H27F6N3O6. The number of rotatable bonds is 3. The van der Waals surface area contributed by atoms with Gasteiger partial charge in [0.05, 0.1) is 20.3 Å². The number of alkyl halides is 6. The standard InChI is InChI=1S/C16H25N3O2.2C2HF3O2/c1-18-7-5-16(11-18)12-19(8-9-21-13-16)10-14-4-3-6-17-15(14)20-2;2*3-2(4,5)1(6)7/h3-4,6H,5,7-13H2,1-2H3;2*(H,6,7).